The highest BCUT2D eigenvalue weighted by molar-refractivity contribution is 9.10. The molecule has 2 nitrogen and oxygen atoms in total. The van der Waals surface area contributed by atoms with E-state index in [1.54, 1.807) is 0 Å². The van der Waals surface area contributed by atoms with E-state index in [1.807, 2.05) is 30.3 Å². The van der Waals surface area contributed by atoms with Crippen molar-refractivity contribution < 1.29 is 4.42 Å². The first-order chi connectivity index (χ1) is 10.2. The zero-order valence-electron chi connectivity index (χ0n) is 11.9. The van der Waals surface area contributed by atoms with E-state index >= 15 is 0 Å². The summed E-state index contributed by atoms with van der Waals surface area (Å²) in [5.41, 5.74) is 1.03. The molecule has 1 aromatic carbocycles. The van der Waals surface area contributed by atoms with Crippen LogP contribution in [0.3, 0.4) is 0 Å². The van der Waals surface area contributed by atoms with Crippen LogP contribution in [0.5, 0.6) is 0 Å². The van der Waals surface area contributed by atoms with Crippen molar-refractivity contribution in [1.29, 1.82) is 0 Å². The zero-order chi connectivity index (χ0) is 14.7. The fourth-order valence-electron chi connectivity index (χ4n) is 2.86. The Hall–Kier alpha value is -0.770. The maximum Gasteiger partial charge on any atom is 0.135 e. The van der Waals surface area contributed by atoms with E-state index in [-0.39, 0.29) is 0 Å². The minimum absolute atomic E-state index is 0.648. The highest BCUT2D eigenvalue weighted by Crippen LogP contribution is 2.31. The molecule has 0 amide bonds. The molecular formula is C17H19BrClNO. The van der Waals surface area contributed by atoms with E-state index in [0.29, 0.717) is 6.04 Å². The van der Waals surface area contributed by atoms with Crippen molar-refractivity contribution in [2.45, 2.75) is 44.7 Å². The van der Waals surface area contributed by atoms with Gasteiger partial charge < -0.3 is 9.73 Å². The number of nitrogens with one attached hydrogen (secondary N) is 1. The fraction of sp³-hybridized carbons (Fsp3) is 0.412. The average Bonchev–Trinajstić information content (AvgIpc) is 2.95. The molecule has 1 N–H and O–H groups in total. The highest BCUT2D eigenvalue weighted by atomic mass is 79.9. The standard InChI is InChI=1S/C17H19BrClNO/c18-16-10-12(19)6-8-15(16)17-9-7-14(21-17)11-20-13-4-2-1-3-5-13/h6-10,13,20H,1-5,11H2. The first-order valence-electron chi connectivity index (χ1n) is 7.50. The molecule has 1 saturated carbocycles. The molecule has 1 aromatic heterocycles. The molecule has 1 aliphatic rings. The van der Waals surface area contributed by atoms with Gasteiger partial charge in [-0.15, -0.1) is 0 Å². The van der Waals surface area contributed by atoms with Crippen LogP contribution in [0.2, 0.25) is 5.02 Å². The summed E-state index contributed by atoms with van der Waals surface area (Å²) in [6.45, 7) is 0.801. The van der Waals surface area contributed by atoms with Gasteiger partial charge in [0.05, 0.1) is 6.54 Å². The van der Waals surface area contributed by atoms with Crippen LogP contribution in [0, 0.1) is 0 Å². The van der Waals surface area contributed by atoms with Gasteiger partial charge in [0, 0.05) is 21.1 Å². The summed E-state index contributed by atoms with van der Waals surface area (Å²) in [5, 5.41) is 4.32. The third kappa shape index (κ3) is 3.91. The van der Waals surface area contributed by atoms with Crippen LogP contribution < -0.4 is 5.32 Å². The van der Waals surface area contributed by atoms with Crippen LogP contribution in [0.15, 0.2) is 39.2 Å². The van der Waals surface area contributed by atoms with Crippen LogP contribution in [0.25, 0.3) is 11.3 Å². The number of furan rings is 1. The molecule has 1 aliphatic carbocycles. The van der Waals surface area contributed by atoms with E-state index < -0.39 is 0 Å². The SMILES string of the molecule is Clc1ccc(-c2ccc(CNC3CCCCC3)o2)c(Br)c1. The lowest BCUT2D eigenvalue weighted by molar-refractivity contribution is 0.358. The van der Waals surface area contributed by atoms with Gasteiger partial charge in [0.15, 0.2) is 0 Å². The molecule has 0 saturated heterocycles. The Morgan fingerprint density at radius 3 is 2.71 bits per heavy atom. The van der Waals surface area contributed by atoms with Crippen molar-refractivity contribution in [2.75, 3.05) is 0 Å². The topological polar surface area (TPSA) is 25.2 Å². The van der Waals surface area contributed by atoms with Gasteiger partial charge in [-0.05, 0) is 59.1 Å². The number of rotatable bonds is 4. The Kier molecular flexibility index (Phi) is 5.04. The molecule has 4 heteroatoms. The molecule has 0 bridgehead atoms. The van der Waals surface area contributed by atoms with Crippen molar-refractivity contribution in [3.8, 4) is 11.3 Å². The predicted octanol–water partition coefficient (Wildman–Crippen LogP) is 5.78. The van der Waals surface area contributed by atoms with Gasteiger partial charge in [-0.2, -0.15) is 0 Å². The zero-order valence-corrected chi connectivity index (χ0v) is 14.2. The minimum atomic E-state index is 0.648. The summed E-state index contributed by atoms with van der Waals surface area (Å²) >= 11 is 9.51. The Bertz CT molecular complexity index is 605. The van der Waals surface area contributed by atoms with Crippen molar-refractivity contribution in [3.05, 3.63) is 45.6 Å². The lowest BCUT2D eigenvalue weighted by Crippen LogP contribution is -2.30. The van der Waals surface area contributed by atoms with Gasteiger partial charge in [-0.3, -0.25) is 0 Å². The van der Waals surface area contributed by atoms with Crippen molar-refractivity contribution in [1.82, 2.24) is 5.32 Å². The highest BCUT2D eigenvalue weighted by Gasteiger charge is 2.14. The first kappa shape index (κ1) is 15.1. The van der Waals surface area contributed by atoms with Gasteiger partial charge >= 0.3 is 0 Å². The van der Waals surface area contributed by atoms with Gasteiger partial charge in [-0.1, -0.05) is 30.9 Å². The summed E-state index contributed by atoms with van der Waals surface area (Å²) in [4.78, 5) is 0. The number of hydrogen-bond acceptors (Lipinski definition) is 2. The largest absolute Gasteiger partial charge is 0.460 e. The molecule has 0 atom stereocenters. The molecule has 0 radical (unpaired) electrons. The van der Waals surface area contributed by atoms with Gasteiger partial charge in [-0.25, -0.2) is 0 Å². The molecule has 21 heavy (non-hydrogen) atoms. The minimum Gasteiger partial charge on any atom is -0.460 e. The van der Waals surface area contributed by atoms with Crippen LogP contribution in [0.1, 0.15) is 37.9 Å². The van der Waals surface area contributed by atoms with E-state index in [2.05, 4.69) is 21.2 Å². The summed E-state index contributed by atoms with van der Waals surface area (Å²) in [7, 11) is 0. The number of benzene rings is 1. The molecule has 0 aliphatic heterocycles. The third-order valence-electron chi connectivity index (χ3n) is 4.03. The smallest absolute Gasteiger partial charge is 0.135 e. The average molecular weight is 369 g/mol. The van der Waals surface area contributed by atoms with Crippen molar-refractivity contribution in [3.63, 3.8) is 0 Å². The Morgan fingerprint density at radius 2 is 1.95 bits per heavy atom. The summed E-state index contributed by atoms with van der Waals surface area (Å²) in [5.74, 6) is 1.86. The molecule has 2 aromatic rings. The fourth-order valence-corrected chi connectivity index (χ4v) is 3.74. The summed E-state index contributed by atoms with van der Waals surface area (Å²) in [6.07, 6.45) is 6.65. The lowest BCUT2D eigenvalue weighted by atomic mass is 9.95. The van der Waals surface area contributed by atoms with E-state index in [9.17, 15) is 0 Å². The van der Waals surface area contributed by atoms with E-state index in [0.717, 1.165) is 33.1 Å². The molecule has 1 fully saturated rings. The Balaban J connectivity index is 1.65. The second kappa shape index (κ2) is 6.99. The molecule has 3 rings (SSSR count). The number of halogens is 2. The molecule has 0 spiro atoms. The number of hydrogen-bond donors (Lipinski definition) is 1. The van der Waals surface area contributed by atoms with Gasteiger partial charge in [0.25, 0.3) is 0 Å². The van der Waals surface area contributed by atoms with Crippen LogP contribution in [0.4, 0.5) is 0 Å². The Morgan fingerprint density at radius 1 is 1.14 bits per heavy atom. The van der Waals surface area contributed by atoms with Crippen LogP contribution in [-0.4, -0.2) is 6.04 Å². The second-order valence-electron chi connectivity index (χ2n) is 5.61. The second-order valence-corrected chi connectivity index (χ2v) is 6.90. The lowest BCUT2D eigenvalue weighted by Gasteiger charge is -2.22. The predicted molar refractivity (Wildman–Crippen MR) is 90.6 cm³/mol. The third-order valence-corrected chi connectivity index (χ3v) is 4.92. The van der Waals surface area contributed by atoms with Crippen molar-refractivity contribution >= 4 is 27.5 Å². The molecule has 1 heterocycles. The first-order valence-corrected chi connectivity index (χ1v) is 8.67. The maximum absolute atomic E-state index is 5.97. The van der Waals surface area contributed by atoms with Crippen LogP contribution in [-0.2, 0) is 6.54 Å². The molecular weight excluding hydrogens is 350 g/mol. The molecule has 0 unspecified atom stereocenters. The van der Waals surface area contributed by atoms with Gasteiger partial charge in [0.2, 0.25) is 0 Å². The summed E-state index contributed by atoms with van der Waals surface area (Å²) < 4.78 is 6.90. The monoisotopic (exact) mass is 367 g/mol. The Labute approximate surface area is 139 Å². The van der Waals surface area contributed by atoms with Crippen molar-refractivity contribution in [2.24, 2.45) is 0 Å². The molecule has 112 valence electrons. The van der Waals surface area contributed by atoms with E-state index in [4.69, 9.17) is 16.0 Å². The van der Waals surface area contributed by atoms with Gasteiger partial charge in [0.1, 0.15) is 11.5 Å². The maximum atomic E-state index is 5.97. The quantitative estimate of drug-likeness (QED) is 0.739. The normalized spacial score (nSPS) is 16.3. The van der Waals surface area contributed by atoms with E-state index in [1.165, 1.54) is 32.1 Å². The van der Waals surface area contributed by atoms with Crippen LogP contribution >= 0.6 is 27.5 Å². The summed E-state index contributed by atoms with van der Waals surface area (Å²) in [6, 6.07) is 10.5.